The van der Waals surface area contributed by atoms with Gasteiger partial charge in [0.25, 0.3) is 0 Å². The van der Waals surface area contributed by atoms with Crippen LogP contribution in [0.15, 0.2) is 30.5 Å². The molecule has 1 unspecified atom stereocenters. The van der Waals surface area contributed by atoms with Crippen LogP contribution in [0.25, 0.3) is 10.9 Å². The number of fused-ring (bicyclic) bond motifs is 1. The Hall–Kier alpha value is -1.85. The fourth-order valence-corrected chi connectivity index (χ4v) is 3.26. The SMILES string of the molecule is CC(CO)NC(=O)C1CCN(Cc2c[nH]c3ccccc23)CC1. The first-order valence-corrected chi connectivity index (χ1v) is 8.36. The van der Waals surface area contributed by atoms with E-state index in [1.165, 1.54) is 16.5 Å². The molecule has 0 saturated carbocycles. The number of rotatable bonds is 5. The van der Waals surface area contributed by atoms with Gasteiger partial charge in [-0.3, -0.25) is 9.69 Å². The Kier molecular flexibility index (Phi) is 4.98. The number of H-pyrrole nitrogens is 1. The molecule has 0 radical (unpaired) electrons. The number of aliphatic hydroxyl groups is 1. The van der Waals surface area contributed by atoms with Crippen molar-refractivity contribution in [1.82, 2.24) is 15.2 Å². The van der Waals surface area contributed by atoms with Gasteiger partial charge in [0.2, 0.25) is 5.91 Å². The number of aromatic amines is 1. The van der Waals surface area contributed by atoms with Crippen molar-refractivity contribution in [2.24, 2.45) is 5.92 Å². The van der Waals surface area contributed by atoms with Crippen molar-refractivity contribution in [2.75, 3.05) is 19.7 Å². The van der Waals surface area contributed by atoms with E-state index in [2.05, 4.69) is 39.6 Å². The van der Waals surface area contributed by atoms with Crippen LogP contribution in [0.4, 0.5) is 0 Å². The van der Waals surface area contributed by atoms with Gasteiger partial charge in [-0.1, -0.05) is 18.2 Å². The second-order valence-electron chi connectivity index (χ2n) is 6.50. The first-order chi connectivity index (χ1) is 11.2. The van der Waals surface area contributed by atoms with Crippen LogP contribution in [0.5, 0.6) is 0 Å². The van der Waals surface area contributed by atoms with E-state index < -0.39 is 0 Å². The average Bonchev–Trinajstić information content (AvgIpc) is 2.98. The van der Waals surface area contributed by atoms with Gasteiger partial charge in [-0.2, -0.15) is 0 Å². The molecule has 2 heterocycles. The van der Waals surface area contributed by atoms with Crippen molar-refractivity contribution in [3.05, 3.63) is 36.0 Å². The summed E-state index contributed by atoms with van der Waals surface area (Å²) < 4.78 is 0. The molecular formula is C18H25N3O2. The molecule has 0 spiro atoms. The normalized spacial score (nSPS) is 18.2. The van der Waals surface area contributed by atoms with Gasteiger partial charge in [-0.25, -0.2) is 0 Å². The molecule has 3 N–H and O–H groups in total. The molecule has 124 valence electrons. The zero-order valence-corrected chi connectivity index (χ0v) is 13.6. The summed E-state index contributed by atoms with van der Waals surface area (Å²) in [6, 6.07) is 8.19. The van der Waals surface area contributed by atoms with Crippen LogP contribution in [0.1, 0.15) is 25.3 Å². The number of piperidine rings is 1. The summed E-state index contributed by atoms with van der Waals surface area (Å²) in [4.78, 5) is 17.9. The molecule has 1 aromatic heterocycles. The van der Waals surface area contributed by atoms with Crippen LogP contribution in [0.3, 0.4) is 0 Å². The minimum atomic E-state index is -0.160. The lowest BCUT2D eigenvalue weighted by Crippen LogP contribution is -2.43. The largest absolute Gasteiger partial charge is 0.394 e. The van der Waals surface area contributed by atoms with E-state index in [9.17, 15) is 4.79 Å². The van der Waals surface area contributed by atoms with Gasteiger partial charge in [0.05, 0.1) is 6.61 Å². The van der Waals surface area contributed by atoms with Gasteiger partial charge >= 0.3 is 0 Å². The van der Waals surface area contributed by atoms with Crippen molar-refractivity contribution < 1.29 is 9.90 Å². The van der Waals surface area contributed by atoms with Crippen molar-refractivity contribution in [3.63, 3.8) is 0 Å². The fourth-order valence-electron chi connectivity index (χ4n) is 3.26. The van der Waals surface area contributed by atoms with Gasteiger partial charge in [0.1, 0.15) is 0 Å². The highest BCUT2D eigenvalue weighted by molar-refractivity contribution is 5.83. The summed E-state index contributed by atoms with van der Waals surface area (Å²) in [6.07, 6.45) is 3.85. The number of nitrogens with zero attached hydrogens (tertiary/aromatic N) is 1. The molecule has 1 aromatic carbocycles. The van der Waals surface area contributed by atoms with Crippen LogP contribution in [-0.2, 0) is 11.3 Å². The van der Waals surface area contributed by atoms with E-state index in [0.29, 0.717) is 0 Å². The molecule has 1 atom stereocenters. The van der Waals surface area contributed by atoms with Gasteiger partial charge in [0, 0.05) is 35.6 Å². The number of amides is 1. The summed E-state index contributed by atoms with van der Waals surface area (Å²) in [7, 11) is 0. The molecule has 2 aromatic rings. The zero-order valence-electron chi connectivity index (χ0n) is 13.6. The number of hydrogen-bond donors (Lipinski definition) is 3. The van der Waals surface area contributed by atoms with Gasteiger partial charge in [-0.15, -0.1) is 0 Å². The quantitative estimate of drug-likeness (QED) is 0.789. The Balaban J connectivity index is 1.54. The van der Waals surface area contributed by atoms with E-state index >= 15 is 0 Å². The number of aliphatic hydroxyl groups excluding tert-OH is 1. The maximum absolute atomic E-state index is 12.1. The third-order valence-electron chi connectivity index (χ3n) is 4.69. The Bertz CT molecular complexity index is 659. The molecular weight excluding hydrogens is 290 g/mol. The van der Waals surface area contributed by atoms with Gasteiger partial charge < -0.3 is 15.4 Å². The standard InChI is InChI=1S/C18H25N3O2/c1-13(12-22)20-18(23)14-6-8-21(9-7-14)11-15-10-19-17-5-3-2-4-16(15)17/h2-5,10,13-14,19,22H,6-9,11-12H2,1H3,(H,20,23). The molecule has 0 bridgehead atoms. The summed E-state index contributed by atoms with van der Waals surface area (Å²) >= 11 is 0. The average molecular weight is 315 g/mol. The lowest BCUT2D eigenvalue weighted by molar-refractivity contribution is -0.127. The molecule has 23 heavy (non-hydrogen) atoms. The van der Waals surface area contributed by atoms with Crippen molar-refractivity contribution >= 4 is 16.8 Å². The van der Waals surface area contributed by atoms with Crippen LogP contribution in [-0.4, -0.2) is 46.6 Å². The highest BCUT2D eigenvalue weighted by Gasteiger charge is 2.25. The van der Waals surface area contributed by atoms with Gasteiger partial charge in [-0.05, 0) is 44.5 Å². The highest BCUT2D eigenvalue weighted by atomic mass is 16.3. The number of aromatic nitrogens is 1. The number of carbonyl (C=O) groups is 1. The predicted molar refractivity (Wildman–Crippen MR) is 91.0 cm³/mol. The molecule has 1 aliphatic heterocycles. The Morgan fingerprint density at radius 3 is 2.87 bits per heavy atom. The Labute approximate surface area is 136 Å². The van der Waals surface area contributed by atoms with E-state index in [4.69, 9.17) is 5.11 Å². The lowest BCUT2D eigenvalue weighted by Gasteiger charge is -2.31. The molecule has 5 nitrogen and oxygen atoms in total. The maximum atomic E-state index is 12.1. The minimum Gasteiger partial charge on any atom is -0.394 e. The smallest absolute Gasteiger partial charge is 0.223 e. The molecule has 1 aliphatic rings. The maximum Gasteiger partial charge on any atom is 0.223 e. The number of hydrogen-bond acceptors (Lipinski definition) is 3. The van der Waals surface area contributed by atoms with Crippen molar-refractivity contribution in [1.29, 1.82) is 0 Å². The van der Waals surface area contributed by atoms with E-state index in [-0.39, 0.29) is 24.5 Å². The summed E-state index contributed by atoms with van der Waals surface area (Å²) in [5, 5.41) is 13.2. The lowest BCUT2D eigenvalue weighted by atomic mass is 9.95. The zero-order chi connectivity index (χ0) is 16.2. The van der Waals surface area contributed by atoms with Crippen LogP contribution in [0.2, 0.25) is 0 Å². The van der Waals surface area contributed by atoms with E-state index in [1.807, 2.05) is 13.0 Å². The van der Waals surface area contributed by atoms with E-state index in [1.54, 1.807) is 0 Å². The third kappa shape index (κ3) is 3.74. The van der Waals surface area contributed by atoms with Crippen LogP contribution >= 0.6 is 0 Å². The van der Waals surface area contributed by atoms with Crippen molar-refractivity contribution in [2.45, 2.75) is 32.4 Å². The van der Waals surface area contributed by atoms with Crippen molar-refractivity contribution in [3.8, 4) is 0 Å². The molecule has 5 heteroatoms. The summed E-state index contributed by atoms with van der Waals surface area (Å²) in [6.45, 7) is 4.61. The van der Waals surface area contributed by atoms with Gasteiger partial charge in [0.15, 0.2) is 0 Å². The van der Waals surface area contributed by atoms with E-state index in [0.717, 1.165) is 32.5 Å². The first-order valence-electron chi connectivity index (χ1n) is 8.36. The molecule has 1 fully saturated rings. The highest BCUT2D eigenvalue weighted by Crippen LogP contribution is 2.23. The molecule has 0 aliphatic carbocycles. The van der Waals surface area contributed by atoms with Crippen LogP contribution < -0.4 is 5.32 Å². The second kappa shape index (κ2) is 7.15. The summed E-state index contributed by atoms with van der Waals surface area (Å²) in [5.74, 6) is 0.154. The number of carbonyl (C=O) groups excluding carboxylic acids is 1. The number of nitrogens with one attached hydrogen (secondary N) is 2. The monoisotopic (exact) mass is 315 g/mol. The number of likely N-dealkylation sites (tertiary alicyclic amines) is 1. The molecule has 1 amide bonds. The number of para-hydroxylation sites is 1. The third-order valence-corrected chi connectivity index (χ3v) is 4.69. The molecule has 1 saturated heterocycles. The minimum absolute atomic E-state index is 0.00878. The summed E-state index contributed by atoms with van der Waals surface area (Å²) in [5.41, 5.74) is 2.49. The van der Waals surface area contributed by atoms with Crippen LogP contribution in [0, 0.1) is 5.92 Å². The predicted octanol–water partition coefficient (Wildman–Crippen LogP) is 1.88. The fraction of sp³-hybridized carbons (Fsp3) is 0.500. The molecule has 3 rings (SSSR count). The topological polar surface area (TPSA) is 68.4 Å². The Morgan fingerprint density at radius 1 is 1.39 bits per heavy atom. The first kappa shape index (κ1) is 16.0. The number of benzene rings is 1. The Morgan fingerprint density at radius 2 is 2.13 bits per heavy atom. The second-order valence-corrected chi connectivity index (χ2v) is 6.50.